The number of benzene rings is 1. The van der Waals surface area contributed by atoms with E-state index in [0.717, 1.165) is 54.7 Å². The van der Waals surface area contributed by atoms with E-state index >= 15 is 0 Å². The van der Waals surface area contributed by atoms with E-state index in [4.69, 9.17) is 9.47 Å². The largest absolute Gasteiger partial charge is 0.469 e. The van der Waals surface area contributed by atoms with Crippen molar-refractivity contribution in [2.45, 2.75) is 77.9 Å². The molecule has 0 spiro atoms. The van der Waals surface area contributed by atoms with Gasteiger partial charge >= 0.3 is 18.0 Å². The maximum Gasteiger partial charge on any atom is 0.338 e. The maximum atomic E-state index is 12.5. The van der Waals surface area contributed by atoms with E-state index in [1.807, 2.05) is 13.8 Å². The normalized spacial score (nSPS) is 14.6. The Morgan fingerprint density at radius 2 is 1.75 bits per heavy atom. The number of methoxy groups -OCH3 is 1. The smallest absolute Gasteiger partial charge is 0.338 e. The van der Waals surface area contributed by atoms with Crippen molar-refractivity contribution in [3.05, 3.63) is 46.8 Å². The number of hydrogen-bond donors (Lipinski definition) is 2. The molecule has 1 fully saturated rings. The molecular weight excluding hydrogens is 464 g/mol. The summed E-state index contributed by atoms with van der Waals surface area (Å²) in [5.41, 5.74) is 3.67. The summed E-state index contributed by atoms with van der Waals surface area (Å²) in [6.45, 7) is 5.21. The van der Waals surface area contributed by atoms with Crippen molar-refractivity contribution in [3.63, 3.8) is 0 Å². The maximum absolute atomic E-state index is 12.5. The number of nitrogens with one attached hydrogen (secondary N) is 2. The molecule has 1 aromatic carbocycles. The number of esters is 2. The number of ether oxygens (including phenoxy) is 2. The molecule has 0 radical (unpaired) electrons. The lowest BCUT2D eigenvalue weighted by Crippen LogP contribution is -2.48. The van der Waals surface area contributed by atoms with E-state index in [1.165, 1.54) is 14.0 Å². The summed E-state index contributed by atoms with van der Waals surface area (Å²) in [5, 5.41) is 9.60. The predicted molar refractivity (Wildman–Crippen MR) is 132 cm³/mol. The molecule has 1 aromatic heterocycles. The van der Waals surface area contributed by atoms with Crippen LogP contribution in [0.3, 0.4) is 0 Å². The average Bonchev–Trinajstić information content (AvgIpc) is 3.15. The minimum Gasteiger partial charge on any atom is -0.469 e. The molecule has 3 rings (SSSR count). The Morgan fingerprint density at radius 3 is 2.39 bits per heavy atom. The highest BCUT2D eigenvalue weighted by Crippen LogP contribution is 2.20. The molecule has 0 saturated heterocycles. The number of hydrogen-bond acceptors (Lipinski definition) is 7. The van der Waals surface area contributed by atoms with Gasteiger partial charge < -0.3 is 14.8 Å². The first-order chi connectivity index (χ1) is 17.2. The van der Waals surface area contributed by atoms with Crippen LogP contribution in [0.5, 0.6) is 0 Å². The Morgan fingerprint density at radius 1 is 1.08 bits per heavy atom. The van der Waals surface area contributed by atoms with E-state index in [0.29, 0.717) is 6.42 Å². The SMILES string of the molecule is COC(=O)CCc1c(C)nn(-c2ccc(C(=O)OC(C)C(=O)NC(=O)NC3CCCCC3)cc2)c1C. The minimum atomic E-state index is -1.14. The van der Waals surface area contributed by atoms with Crippen molar-refractivity contribution >= 4 is 23.9 Å². The third kappa shape index (κ3) is 6.93. The number of carbonyl (C=O) groups excluding carboxylic acids is 4. The summed E-state index contributed by atoms with van der Waals surface area (Å²) in [5.74, 6) is -1.64. The summed E-state index contributed by atoms with van der Waals surface area (Å²) in [7, 11) is 1.36. The van der Waals surface area contributed by atoms with Gasteiger partial charge in [0.1, 0.15) is 0 Å². The highest BCUT2D eigenvalue weighted by molar-refractivity contribution is 5.98. The van der Waals surface area contributed by atoms with Gasteiger partial charge in [0.25, 0.3) is 5.91 Å². The lowest BCUT2D eigenvalue weighted by Gasteiger charge is -2.23. The summed E-state index contributed by atoms with van der Waals surface area (Å²) < 4.78 is 11.7. The van der Waals surface area contributed by atoms with E-state index < -0.39 is 24.0 Å². The highest BCUT2D eigenvalue weighted by atomic mass is 16.5. The van der Waals surface area contributed by atoms with Crippen molar-refractivity contribution < 1.29 is 28.7 Å². The second kappa shape index (κ2) is 12.3. The van der Waals surface area contributed by atoms with Crippen LogP contribution in [0.25, 0.3) is 5.69 Å². The number of imide groups is 1. The van der Waals surface area contributed by atoms with Crippen LogP contribution in [0.15, 0.2) is 24.3 Å². The lowest BCUT2D eigenvalue weighted by atomic mass is 9.96. The van der Waals surface area contributed by atoms with E-state index in [9.17, 15) is 19.2 Å². The third-order valence-electron chi connectivity index (χ3n) is 6.43. The molecule has 2 aromatic rings. The molecule has 1 unspecified atom stereocenters. The van der Waals surface area contributed by atoms with Gasteiger partial charge in [0, 0.05) is 18.2 Å². The van der Waals surface area contributed by atoms with E-state index in [2.05, 4.69) is 15.7 Å². The van der Waals surface area contributed by atoms with Gasteiger partial charge in [-0.3, -0.25) is 14.9 Å². The molecule has 0 aliphatic heterocycles. The van der Waals surface area contributed by atoms with Crippen molar-refractivity contribution in [1.82, 2.24) is 20.4 Å². The molecule has 1 atom stereocenters. The van der Waals surface area contributed by atoms with E-state index in [-0.39, 0.29) is 24.0 Å². The van der Waals surface area contributed by atoms with E-state index in [1.54, 1.807) is 28.9 Å². The Bertz CT molecular complexity index is 1100. The quantitative estimate of drug-likeness (QED) is 0.534. The first-order valence-electron chi connectivity index (χ1n) is 12.2. The highest BCUT2D eigenvalue weighted by Gasteiger charge is 2.23. The van der Waals surface area contributed by atoms with Gasteiger partial charge in [-0.2, -0.15) is 5.10 Å². The molecule has 0 bridgehead atoms. The zero-order chi connectivity index (χ0) is 26.2. The van der Waals surface area contributed by atoms with Gasteiger partial charge in [0.2, 0.25) is 0 Å². The fourth-order valence-electron chi connectivity index (χ4n) is 4.32. The molecule has 1 aliphatic rings. The number of carbonyl (C=O) groups is 4. The van der Waals surface area contributed by atoms with Gasteiger partial charge in [-0.05, 0) is 69.9 Å². The van der Waals surface area contributed by atoms with Gasteiger partial charge in [-0.1, -0.05) is 19.3 Å². The minimum absolute atomic E-state index is 0.0639. The molecule has 1 aliphatic carbocycles. The van der Waals surface area contributed by atoms with Gasteiger partial charge in [-0.15, -0.1) is 0 Å². The Kier molecular flexibility index (Phi) is 9.21. The second-order valence-electron chi connectivity index (χ2n) is 9.03. The first-order valence-corrected chi connectivity index (χ1v) is 12.2. The van der Waals surface area contributed by atoms with Crippen LogP contribution in [0, 0.1) is 13.8 Å². The molecule has 1 saturated carbocycles. The number of nitrogens with zero attached hydrogens (tertiary/aromatic N) is 2. The van der Waals surface area contributed by atoms with Crippen LogP contribution in [-0.4, -0.2) is 52.9 Å². The van der Waals surface area contributed by atoms with Gasteiger partial charge in [-0.25, -0.2) is 14.3 Å². The summed E-state index contributed by atoms with van der Waals surface area (Å²) in [6.07, 6.45) is 4.72. The van der Waals surface area contributed by atoms with Crippen molar-refractivity contribution in [3.8, 4) is 5.69 Å². The molecule has 10 nitrogen and oxygen atoms in total. The summed E-state index contributed by atoms with van der Waals surface area (Å²) in [6, 6.07) is 6.11. The fraction of sp³-hybridized carbons (Fsp3) is 0.500. The molecule has 2 N–H and O–H groups in total. The molecular formula is C26H34N4O6. The van der Waals surface area contributed by atoms with Crippen LogP contribution in [0.2, 0.25) is 0 Å². The standard InChI is InChI=1S/C26H34N4O6/c1-16-22(14-15-23(31)35-4)17(2)30(29-16)21-12-10-19(11-13-21)25(33)36-18(3)24(32)28-26(34)27-20-8-6-5-7-9-20/h10-13,18,20H,5-9,14-15H2,1-4H3,(H2,27,28,32,34). The van der Waals surface area contributed by atoms with Crippen molar-refractivity contribution in [2.24, 2.45) is 0 Å². The summed E-state index contributed by atoms with van der Waals surface area (Å²) >= 11 is 0. The van der Waals surface area contributed by atoms with Crippen LogP contribution < -0.4 is 10.6 Å². The topological polar surface area (TPSA) is 129 Å². The Hall–Kier alpha value is -3.69. The van der Waals surface area contributed by atoms with Crippen LogP contribution in [0.4, 0.5) is 4.79 Å². The predicted octanol–water partition coefficient (Wildman–Crippen LogP) is 3.30. The Balaban J connectivity index is 1.56. The van der Waals surface area contributed by atoms with Gasteiger partial charge in [0.15, 0.2) is 6.10 Å². The van der Waals surface area contributed by atoms with Crippen LogP contribution >= 0.6 is 0 Å². The van der Waals surface area contributed by atoms with Crippen LogP contribution in [0.1, 0.15) is 72.8 Å². The molecule has 36 heavy (non-hydrogen) atoms. The summed E-state index contributed by atoms with van der Waals surface area (Å²) in [4.78, 5) is 48.4. The number of urea groups is 1. The number of amides is 3. The number of rotatable bonds is 8. The third-order valence-corrected chi connectivity index (χ3v) is 6.43. The number of aromatic nitrogens is 2. The fourth-order valence-corrected chi connectivity index (χ4v) is 4.32. The molecule has 194 valence electrons. The monoisotopic (exact) mass is 498 g/mol. The van der Waals surface area contributed by atoms with Crippen molar-refractivity contribution in [1.29, 1.82) is 0 Å². The van der Waals surface area contributed by atoms with Crippen molar-refractivity contribution in [2.75, 3.05) is 7.11 Å². The molecule has 10 heteroatoms. The van der Waals surface area contributed by atoms with Crippen LogP contribution in [-0.2, 0) is 25.5 Å². The zero-order valence-corrected chi connectivity index (χ0v) is 21.3. The lowest BCUT2D eigenvalue weighted by molar-refractivity contribution is -0.140. The zero-order valence-electron chi connectivity index (χ0n) is 21.3. The number of aryl methyl sites for hydroxylation is 1. The molecule has 3 amide bonds. The second-order valence-corrected chi connectivity index (χ2v) is 9.03. The van der Waals surface area contributed by atoms with Gasteiger partial charge in [0.05, 0.1) is 24.1 Å². The Labute approximate surface area is 210 Å². The molecule has 1 heterocycles. The first kappa shape index (κ1) is 26.9. The average molecular weight is 499 g/mol.